The summed E-state index contributed by atoms with van der Waals surface area (Å²) >= 11 is 13.4. The maximum Gasteiger partial charge on any atom is 0.242 e. The zero-order valence-electron chi connectivity index (χ0n) is 16.2. The van der Waals surface area contributed by atoms with Crippen LogP contribution in [0.25, 0.3) is 16.3 Å². The van der Waals surface area contributed by atoms with Gasteiger partial charge in [-0.2, -0.15) is 4.98 Å². The fourth-order valence-electron chi connectivity index (χ4n) is 3.00. The van der Waals surface area contributed by atoms with Crippen LogP contribution >= 0.6 is 34.5 Å². The summed E-state index contributed by atoms with van der Waals surface area (Å²) in [6.07, 6.45) is 0.513. The summed E-state index contributed by atoms with van der Waals surface area (Å²) in [5.41, 5.74) is 3.09. The zero-order valence-corrected chi connectivity index (χ0v) is 19.3. The number of aromatic nitrogens is 3. The van der Waals surface area contributed by atoms with Crippen LogP contribution in [-0.4, -0.2) is 29.6 Å². The maximum absolute atomic E-state index is 12.5. The predicted molar refractivity (Wildman–Crippen MR) is 121 cm³/mol. The van der Waals surface area contributed by atoms with Crippen molar-refractivity contribution in [3.05, 3.63) is 68.6 Å². The fourth-order valence-corrected chi connectivity index (χ4v) is 5.85. The Bertz CT molecular complexity index is 1330. The average molecular weight is 481 g/mol. The number of fused-ring (bicyclic) bond motifs is 1. The molecule has 0 amide bonds. The Kier molecular flexibility index (Phi) is 5.87. The van der Waals surface area contributed by atoms with Crippen LogP contribution < -0.4 is 4.72 Å². The van der Waals surface area contributed by atoms with E-state index >= 15 is 0 Å². The Morgan fingerprint density at radius 2 is 1.83 bits per heavy atom. The molecular formula is C20H18Cl2N4O2S2. The van der Waals surface area contributed by atoms with Crippen molar-refractivity contribution in [2.24, 2.45) is 0 Å². The molecule has 4 rings (SSSR count). The van der Waals surface area contributed by atoms with E-state index in [1.54, 1.807) is 10.6 Å². The number of nitrogens with zero attached hydrogens (tertiary/aromatic N) is 3. The van der Waals surface area contributed by atoms with Gasteiger partial charge in [-0.1, -0.05) is 64.4 Å². The molecular weight excluding hydrogens is 463 g/mol. The number of aryl methyl sites for hydroxylation is 2. The van der Waals surface area contributed by atoms with Gasteiger partial charge < -0.3 is 0 Å². The van der Waals surface area contributed by atoms with E-state index in [9.17, 15) is 8.42 Å². The molecule has 0 unspecified atom stereocenters. The average Bonchev–Trinajstić information content (AvgIpc) is 3.24. The highest BCUT2D eigenvalue weighted by Crippen LogP contribution is 2.27. The van der Waals surface area contributed by atoms with Gasteiger partial charge in [0.05, 0.1) is 10.7 Å². The third-order valence-corrected chi connectivity index (χ3v) is 8.02. The standard InChI is InChI=1S/C20H18Cl2N4O2S2/c1-12-3-5-14(6-4-12)19-24-20-26(25-19)13(2)17(29-20)9-10-23-30(27,28)18-11-15(21)7-8-16(18)22/h3-8,11,23H,9-10H2,1-2H3. The second kappa shape index (κ2) is 8.28. The van der Waals surface area contributed by atoms with Crippen LogP contribution in [0, 0.1) is 13.8 Å². The molecule has 2 aromatic heterocycles. The highest BCUT2D eigenvalue weighted by atomic mass is 35.5. The lowest BCUT2D eigenvalue weighted by molar-refractivity contribution is 0.582. The molecule has 0 fully saturated rings. The van der Waals surface area contributed by atoms with Gasteiger partial charge in [-0.25, -0.2) is 17.7 Å². The van der Waals surface area contributed by atoms with Crippen LogP contribution in [0.1, 0.15) is 16.1 Å². The van der Waals surface area contributed by atoms with Crippen molar-refractivity contribution in [3.63, 3.8) is 0 Å². The van der Waals surface area contributed by atoms with Crippen LogP contribution in [0.5, 0.6) is 0 Å². The Labute approximate surface area is 188 Å². The first-order chi connectivity index (χ1) is 14.2. The van der Waals surface area contributed by atoms with Crippen molar-refractivity contribution in [2.45, 2.75) is 25.2 Å². The summed E-state index contributed by atoms with van der Waals surface area (Å²) < 4.78 is 29.5. The first-order valence-corrected chi connectivity index (χ1v) is 12.2. The largest absolute Gasteiger partial charge is 0.242 e. The zero-order chi connectivity index (χ0) is 21.5. The van der Waals surface area contributed by atoms with E-state index in [2.05, 4.69) is 14.8 Å². The second-order valence-electron chi connectivity index (χ2n) is 6.83. The monoisotopic (exact) mass is 480 g/mol. The van der Waals surface area contributed by atoms with Gasteiger partial charge in [-0.05, 0) is 38.5 Å². The third kappa shape index (κ3) is 4.24. The highest BCUT2D eigenvalue weighted by molar-refractivity contribution is 7.89. The summed E-state index contributed by atoms with van der Waals surface area (Å²) in [6, 6.07) is 12.4. The van der Waals surface area contributed by atoms with Gasteiger partial charge in [0, 0.05) is 22.0 Å². The van der Waals surface area contributed by atoms with Crippen LogP contribution in [0.15, 0.2) is 47.4 Å². The van der Waals surface area contributed by atoms with Crippen LogP contribution in [0.2, 0.25) is 10.0 Å². The number of rotatable bonds is 6. The quantitative estimate of drug-likeness (QED) is 0.425. The second-order valence-corrected chi connectivity index (χ2v) is 10.5. The number of halogens is 2. The van der Waals surface area contributed by atoms with E-state index in [1.807, 2.05) is 38.1 Å². The van der Waals surface area contributed by atoms with Gasteiger partial charge in [0.2, 0.25) is 15.0 Å². The SMILES string of the molecule is Cc1ccc(-c2nc3sc(CCNS(=O)(=O)c4cc(Cl)ccc4Cl)c(C)n3n2)cc1. The molecule has 156 valence electrons. The van der Waals surface area contributed by atoms with Crippen molar-refractivity contribution in [2.75, 3.05) is 6.54 Å². The van der Waals surface area contributed by atoms with E-state index in [-0.39, 0.29) is 16.5 Å². The molecule has 0 atom stereocenters. The Morgan fingerprint density at radius 3 is 2.53 bits per heavy atom. The molecule has 0 aliphatic carbocycles. The molecule has 2 heterocycles. The smallest absolute Gasteiger partial charge is 0.211 e. The number of benzene rings is 2. The van der Waals surface area contributed by atoms with Gasteiger partial charge in [0.15, 0.2) is 5.82 Å². The van der Waals surface area contributed by atoms with Crippen molar-refractivity contribution in [1.29, 1.82) is 0 Å². The number of hydrogen-bond acceptors (Lipinski definition) is 5. The third-order valence-electron chi connectivity index (χ3n) is 4.65. The normalized spacial score (nSPS) is 12.0. The molecule has 6 nitrogen and oxygen atoms in total. The van der Waals surface area contributed by atoms with E-state index in [0.29, 0.717) is 17.3 Å². The predicted octanol–water partition coefficient (Wildman–Crippen LogP) is 4.90. The van der Waals surface area contributed by atoms with Crippen molar-refractivity contribution in [3.8, 4) is 11.4 Å². The summed E-state index contributed by atoms with van der Waals surface area (Å²) in [4.78, 5) is 6.38. The maximum atomic E-state index is 12.5. The van der Waals surface area contributed by atoms with E-state index in [4.69, 9.17) is 23.2 Å². The summed E-state index contributed by atoms with van der Waals surface area (Å²) in [5.74, 6) is 0.673. The Hall–Kier alpha value is -1.97. The molecule has 0 aliphatic rings. The van der Waals surface area contributed by atoms with Gasteiger partial charge >= 0.3 is 0 Å². The molecule has 0 aliphatic heterocycles. The number of nitrogens with one attached hydrogen (secondary N) is 1. The molecule has 10 heteroatoms. The molecule has 30 heavy (non-hydrogen) atoms. The van der Waals surface area contributed by atoms with Crippen LogP contribution in [-0.2, 0) is 16.4 Å². The number of hydrogen-bond donors (Lipinski definition) is 1. The highest BCUT2D eigenvalue weighted by Gasteiger charge is 2.19. The van der Waals surface area contributed by atoms with E-state index < -0.39 is 10.0 Å². The molecule has 0 radical (unpaired) electrons. The van der Waals surface area contributed by atoms with Gasteiger partial charge in [-0.3, -0.25) is 0 Å². The Morgan fingerprint density at radius 1 is 1.10 bits per heavy atom. The minimum absolute atomic E-state index is 0.0289. The molecule has 0 saturated carbocycles. The lowest BCUT2D eigenvalue weighted by Gasteiger charge is -2.08. The van der Waals surface area contributed by atoms with Crippen molar-refractivity contribution in [1.82, 2.24) is 19.3 Å². The molecule has 1 N–H and O–H groups in total. The van der Waals surface area contributed by atoms with Crippen molar-refractivity contribution >= 4 is 49.5 Å². The number of sulfonamides is 1. The van der Waals surface area contributed by atoms with Gasteiger partial charge in [0.1, 0.15) is 4.90 Å². The molecule has 0 saturated heterocycles. The molecule has 0 spiro atoms. The summed E-state index contributed by atoms with van der Waals surface area (Å²) in [7, 11) is -3.76. The number of thiazole rings is 1. The minimum Gasteiger partial charge on any atom is -0.211 e. The minimum atomic E-state index is -3.76. The first kappa shape index (κ1) is 21.3. The van der Waals surface area contributed by atoms with Crippen LogP contribution in [0.3, 0.4) is 0 Å². The summed E-state index contributed by atoms with van der Waals surface area (Å²) in [6.45, 7) is 4.21. The molecule has 2 aromatic carbocycles. The topological polar surface area (TPSA) is 76.4 Å². The lowest BCUT2D eigenvalue weighted by Crippen LogP contribution is -2.26. The van der Waals surface area contributed by atoms with Gasteiger partial charge in [0.25, 0.3) is 0 Å². The summed E-state index contributed by atoms with van der Waals surface area (Å²) in [5, 5.41) is 5.04. The first-order valence-electron chi connectivity index (χ1n) is 9.11. The molecule has 4 aromatic rings. The fraction of sp³-hybridized carbons (Fsp3) is 0.200. The van der Waals surface area contributed by atoms with E-state index in [1.165, 1.54) is 29.0 Å². The van der Waals surface area contributed by atoms with Gasteiger partial charge in [-0.15, -0.1) is 5.10 Å². The van der Waals surface area contributed by atoms with Crippen LogP contribution in [0.4, 0.5) is 0 Å². The molecule has 0 bridgehead atoms. The van der Waals surface area contributed by atoms with Crippen molar-refractivity contribution < 1.29 is 8.42 Å². The van der Waals surface area contributed by atoms with E-state index in [0.717, 1.165) is 21.1 Å². The lowest BCUT2D eigenvalue weighted by atomic mass is 10.1. The Balaban J connectivity index is 1.49.